The molecule has 0 aliphatic heterocycles. The Labute approximate surface area is 101 Å². The van der Waals surface area contributed by atoms with Crippen LogP contribution in [0, 0.1) is 0 Å². The summed E-state index contributed by atoms with van der Waals surface area (Å²) in [5.74, 6) is 1.73. The van der Waals surface area contributed by atoms with Crippen LogP contribution in [0.15, 0.2) is 0 Å². The van der Waals surface area contributed by atoms with E-state index < -0.39 is 10.0 Å². The normalized spacial score (nSPS) is 13.7. The Bertz CT molecular complexity index is 290. The minimum absolute atomic E-state index is 0.00219. The van der Waals surface area contributed by atoms with Crippen LogP contribution in [0.3, 0.4) is 0 Å². The van der Waals surface area contributed by atoms with Crippen LogP contribution in [0.2, 0.25) is 0 Å². The Morgan fingerprint density at radius 3 is 2.67 bits per heavy atom. The van der Waals surface area contributed by atoms with Crippen molar-refractivity contribution in [2.45, 2.75) is 26.3 Å². The zero-order valence-electron chi connectivity index (χ0n) is 9.02. The number of nitrogens with two attached hydrogens (primary N) is 1. The molecule has 4 nitrogen and oxygen atoms in total. The molecule has 0 aromatic carbocycles. The molecule has 0 fully saturated rings. The number of rotatable bonds is 8. The van der Waals surface area contributed by atoms with E-state index in [0.29, 0.717) is 0 Å². The van der Waals surface area contributed by atoms with Gasteiger partial charge in [-0.15, -0.1) is 0 Å². The van der Waals surface area contributed by atoms with Gasteiger partial charge < -0.3 is 5.73 Å². The van der Waals surface area contributed by atoms with Gasteiger partial charge in [0.05, 0.1) is 4.99 Å². The fourth-order valence-electron chi connectivity index (χ4n) is 0.999. The Kier molecular flexibility index (Phi) is 7.50. The van der Waals surface area contributed by atoms with Gasteiger partial charge in [-0.3, -0.25) is 0 Å². The number of thiocarbonyl (C=S) groups is 1. The van der Waals surface area contributed by atoms with Gasteiger partial charge in [0.2, 0.25) is 10.0 Å². The lowest BCUT2D eigenvalue weighted by Gasteiger charge is -2.13. The first-order chi connectivity index (χ1) is 6.87. The van der Waals surface area contributed by atoms with Crippen molar-refractivity contribution in [3.8, 4) is 0 Å². The average molecular weight is 270 g/mol. The Morgan fingerprint density at radius 2 is 2.20 bits per heavy atom. The van der Waals surface area contributed by atoms with Crippen molar-refractivity contribution in [2.75, 3.05) is 17.3 Å². The highest BCUT2D eigenvalue weighted by Gasteiger charge is 2.15. The smallest absolute Gasteiger partial charge is 0.218 e. The van der Waals surface area contributed by atoms with E-state index in [2.05, 4.69) is 23.9 Å². The molecule has 90 valence electrons. The summed E-state index contributed by atoms with van der Waals surface area (Å²) in [6.07, 6.45) is 0.815. The number of sulfonamides is 1. The summed E-state index contributed by atoms with van der Waals surface area (Å²) in [6, 6.07) is -0.0663. The number of hydrogen-bond acceptors (Lipinski definition) is 4. The molecule has 0 aromatic rings. The Morgan fingerprint density at radius 1 is 1.60 bits per heavy atom. The van der Waals surface area contributed by atoms with Crippen molar-refractivity contribution in [1.29, 1.82) is 0 Å². The Hall–Kier alpha value is 0.150. The first-order valence-electron chi connectivity index (χ1n) is 4.73. The highest BCUT2D eigenvalue weighted by atomic mass is 32.2. The number of hydrogen-bond donors (Lipinski definition) is 2. The lowest BCUT2D eigenvalue weighted by atomic mass is 10.3. The lowest BCUT2D eigenvalue weighted by Crippen LogP contribution is -2.38. The van der Waals surface area contributed by atoms with Gasteiger partial charge in [-0.1, -0.05) is 19.1 Å². The summed E-state index contributed by atoms with van der Waals surface area (Å²) in [6.45, 7) is 3.92. The van der Waals surface area contributed by atoms with Crippen molar-refractivity contribution in [2.24, 2.45) is 5.73 Å². The van der Waals surface area contributed by atoms with Crippen molar-refractivity contribution >= 4 is 39.0 Å². The summed E-state index contributed by atoms with van der Waals surface area (Å²) >= 11 is 6.35. The van der Waals surface area contributed by atoms with Crippen molar-refractivity contribution in [3.05, 3.63) is 0 Å². The van der Waals surface area contributed by atoms with Gasteiger partial charge in [-0.05, 0) is 24.9 Å². The molecule has 0 aromatic heterocycles. The molecule has 0 spiro atoms. The second-order valence-corrected chi connectivity index (χ2v) is 6.90. The van der Waals surface area contributed by atoms with Gasteiger partial charge in [-0.2, -0.15) is 11.8 Å². The van der Waals surface area contributed by atoms with Crippen LogP contribution in [0.5, 0.6) is 0 Å². The van der Waals surface area contributed by atoms with Gasteiger partial charge in [0, 0.05) is 6.04 Å². The molecular weight excluding hydrogens is 252 g/mol. The van der Waals surface area contributed by atoms with Crippen LogP contribution >= 0.6 is 24.0 Å². The molecule has 0 rings (SSSR count). The maximum atomic E-state index is 11.4. The summed E-state index contributed by atoms with van der Waals surface area (Å²) in [5, 5.41) is 0. The van der Waals surface area contributed by atoms with Crippen molar-refractivity contribution in [3.63, 3.8) is 0 Å². The second-order valence-electron chi connectivity index (χ2n) is 3.23. The van der Waals surface area contributed by atoms with E-state index in [4.69, 9.17) is 5.73 Å². The highest BCUT2D eigenvalue weighted by Crippen LogP contribution is 2.04. The van der Waals surface area contributed by atoms with Crippen LogP contribution in [0.4, 0.5) is 0 Å². The average Bonchev–Trinajstić information content (AvgIpc) is 2.00. The molecule has 0 saturated carbocycles. The maximum absolute atomic E-state index is 11.4. The quantitative estimate of drug-likeness (QED) is 0.502. The second kappa shape index (κ2) is 7.43. The lowest BCUT2D eigenvalue weighted by molar-refractivity contribution is 0.561. The molecular formula is C8H18N2O2S3. The zero-order chi connectivity index (χ0) is 11.9. The molecule has 0 radical (unpaired) electrons. The van der Waals surface area contributed by atoms with E-state index in [1.54, 1.807) is 11.8 Å². The van der Waals surface area contributed by atoms with Gasteiger partial charge in [0.1, 0.15) is 5.75 Å². The predicted octanol–water partition coefficient (Wildman–Crippen LogP) is 0.724. The first kappa shape index (κ1) is 15.2. The summed E-state index contributed by atoms with van der Waals surface area (Å²) in [4.78, 5) is -0.00219. The van der Waals surface area contributed by atoms with Crippen LogP contribution in [0.1, 0.15) is 20.3 Å². The molecule has 0 aliphatic rings. The van der Waals surface area contributed by atoms with Crippen molar-refractivity contribution < 1.29 is 8.42 Å². The van der Waals surface area contributed by atoms with Gasteiger partial charge >= 0.3 is 0 Å². The van der Waals surface area contributed by atoms with Crippen LogP contribution < -0.4 is 10.5 Å². The fraction of sp³-hybridized carbons (Fsp3) is 0.875. The number of nitrogens with one attached hydrogen (secondary N) is 1. The third kappa shape index (κ3) is 9.10. The summed E-state index contributed by atoms with van der Waals surface area (Å²) in [5.41, 5.74) is 5.18. The van der Waals surface area contributed by atoms with E-state index in [1.165, 1.54) is 0 Å². The predicted molar refractivity (Wildman–Crippen MR) is 70.8 cm³/mol. The van der Waals surface area contributed by atoms with Crippen LogP contribution in [-0.2, 0) is 10.0 Å². The molecule has 3 N–H and O–H groups in total. The first-order valence-corrected chi connectivity index (χ1v) is 7.95. The van der Waals surface area contributed by atoms with Gasteiger partial charge in [-0.25, -0.2) is 13.1 Å². The Balaban J connectivity index is 3.94. The minimum atomic E-state index is -3.34. The standard InChI is InChI=1S/C8H18N2O2S3/c1-3-14-5-4-7(2)10-15(11,12)6-8(9)13/h7,10H,3-6H2,1-2H3,(H2,9,13). The molecule has 1 unspecified atom stereocenters. The van der Waals surface area contributed by atoms with Crippen LogP contribution in [0.25, 0.3) is 0 Å². The van der Waals surface area contributed by atoms with E-state index in [0.717, 1.165) is 17.9 Å². The van der Waals surface area contributed by atoms with Crippen molar-refractivity contribution in [1.82, 2.24) is 4.72 Å². The fourth-order valence-corrected chi connectivity index (χ4v) is 3.46. The van der Waals surface area contributed by atoms with Gasteiger partial charge in [0.25, 0.3) is 0 Å². The largest absolute Gasteiger partial charge is 0.392 e. The molecule has 0 saturated heterocycles. The third-order valence-corrected chi connectivity index (χ3v) is 4.32. The van der Waals surface area contributed by atoms with E-state index in [9.17, 15) is 8.42 Å². The number of thioether (sulfide) groups is 1. The third-order valence-electron chi connectivity index (χ3n) is 1.61. The minimum Gasteiger partial charge on any atom is -0.392 e. The molecule has 0 heterocycles. The van der Waals surface area contributed by atoms with E-state index >= 15 is 0 Å². The molecule has 0 bridgehead atoms. The highest BCUT2D eigenvalue weighted by molar-refractivity contribution is 7.99. The van der Waals surface area contributed by atoms with Crippen LogP contribution in [-0.4, -0.2) is 36.7 Å². The van der Waals surface area contributed by atoms with E-state index in [1.807, 2.05) is 6.92 Å². The molecule has 7 heteroatoms. The molecule has 15 heavy (non-hydrogen) atoms. The topological polar surface area (TPSA) is 72.2 Å². The molecule has 1 atom stereocenters. The molecule has 0 amide bonds. The maximum Gasteiger partial charge on any atom is 0.218 e. The van der Waals surface area contributed by atoms with Gasteiger partial charge in [0.15, 0.2) is 0 Å². The molecule has 0 aliphatic carbocycles. The SMILES string of the molecule is CCSCCC(C)NS(=O)(=O)CC(N)=S. The zero-order valence-corrected chi connectivity index (χ0v) is 11.5. The summed E-state index contributed by atoms with van der Waals surface area (Å²) in [7, 11) is -3.34. The van der Waals surface area contributed by atoms with E-state index in [-0.39, 0.29) is 16.8 Å². The summed E-state index contributed by atoms with van der Waals surface area (Å²) < 4.78 is 25.3. The monoisotopic (exact) mass is 270 g/mol.